The van der Waals surface area contributed by atoms with Gasteiger partial charge in [-0.1, -0.05) is 0 Å². The molecule has 0 radical (unpaired) electrons. The topological polar surface area (TPSA) is 62.5 Å². The maximum atomic E-state index is 11.9. The van der Waals surface area contributed by atoms with E-state index in [2.05, 4.69) is 4.57 Å². The SMILES string of the molecule is CC(=O)N1CCn2c3c(c4cc(C(=O)O)ccc42)CCC[C@@H]31. The standard InChI is InChI=1S/C17H18N2O3/c1-10(20)18-7-8-19-14-6-5-11(17(21)22)9-13(14)12-3-2-4-15(18)16(12)19/h5-6,9,15H,2-4,7-8H2,1H3,(H,21,22)/t15-/m0/s1. The Labute approximate surface area is 128 Å². The molecule has 2 aliphatic rings. The zero-order valence-corrected chi connectivity index (χ0v) is 12.5. The number of carboxylic acids is 1. The molecule has 1 atom stereocenters. The lowest BCUT2D eigenvalue weighted by atomic mass is 9.89. The number of carboxylic acid groups (broad SMARTS) is 1. The lowest BCUT2D eigenvalue weighted by molar-refractivity contribution is -0.132. The number of carbonyl (C=O) groups excluding carboxylic acids is 1. The second kappa shape index (κ2) is 4.60. The maximum Gasteiger partial charge on any atom is 0.335 e. The Morgan fingerprint density at radius 3 is 2.82 bits per heavy atom. The predicted molar refractivity (Wildman–Crippen MR) is 82.0 cm³/mol. The second-order valence-corrected chi connectivity index (χ2v) is 6.17. The Bertz CT molecular complexity index is 806. The second-order valence-electron chi connectivity index (χ2n) is 6.17. The first-order valence-electron chi connectivity index (χ1n) is 7.73. The van der Waals surface area contributed by atoms with Crippen LogP contribution in [0.25, 0.3) is 10.9 Å². The van der Waals surface area contributed by atoms with E-state index >= 15 is 0 Å². The Balaban J connectivity index is 1.97. The summed E-state index contributed by atoms with van der Waals surface area (Å²) in [4.78, 5) is 25.1. The fraction of sp³-hybridized carbons (Fsp3) is 0.412. The van der Waals surface area contributed by atoms with Crippen molar-refractivity contribution in [2.75, 3.05) is 6.54 Å². The molecule has 1 aliphatic carbocycles. The number of hydrogen-bond donors (Lipinski definition) is 1. The summed E-state index contributed by atoms with van der Waals surface area (Å²) in [5.41, 5.74) is 3.90. The summed E-state index contributed by atoms with van der Waals surface area (Å²) >= 11 is 0. The molecule has 1 aliphatic heterocycles. The fourth-order valence-corrected chi connectivity index (χ4v) is 4.11. The third-order valence-electron chi connectivity index (χ3n) is 5.02. The van der Waals surface area contributed by atoms with E-state index in [-0.39, 0.29) is 11.9 Å². The third kappa shape index (κ3) is 1.71. The quantitative estimate of drug-likeness (QED) is 0.880. The van der Waals surface area contributed by atoms with Crippen LogP contribution in [0.1, 0.15) is 47.4 Å². The van der Waals surface area contributed by atoms with Crippen LogP contribution in [-0.2, 0) is 17.8 Å². The van der Waals surface area contributed by atoms with E-state index in [0.717, 1.165) is 43.3 Å². The van der Waals surface area contributed by atoms with Gasteiger partial charge in [0.1, 0.15) is 0 Å². The van der Waals surface area contributed by atoms with Crippen LogP contribution in [0.5, 0.6) is 0 Å². The largest absolute Gasteiger partial charge is 0.478 e. The van der Waals surface area contributed by atoms with Gasteiger partial charge in [-0.25, -0.2) is 4.79 Å². The summed E-state index contributed by atoms with van der Waals surface area (Å²) in [6, 6.07) is 5.53. The first kappa shape index (κ1) is 13.4. The first-order chi connectivity index (χ1) is 10.6. The van der Waals surface area contributed by atoms with E-state index in [0.29, 0.717) is 5.56 Å². The van der Waals surface area contributed by atoms with E-state index in [4.69, 9.17) is 0 Å². The molecule has 5 heteroatoms. The summed E-state index contributed by atoms with van der Waals surface area (Å²) in [6.45, 7) is 3.15. The highest BCUT2D eigenvalue weighted by Gasteiger charge is 2.35. The third-order valence-corrected chi connectivity index (χ3v) is 5.02. The Hall–Kier alpha value is -2.30. The van der Waals surface area contributed by atoms with Crippen LogP contribution in [0.3, 0.4) is 0 Å². The van der Waals surface area contributed by atoms with Crippen LogP contribution < -0.4 is 0 Å². The number of aryl methyl sites for hydroxylation is 1. The van der Waals surface area contributed by atoms with Crippen molar-refractivity contribution in [1.29, 1.82) is 0 Å². The first-order valence-corrected chi connectivity index (χ1v) is 7.73. The van der Waals surface area contributed by atoms with Crippen molar-refractivity contribution in [2.24, 2.45) is 0 Å². The smallest absolute Gasteiger partial charge is 0.335 e. The van der Waals surface area contributed by atoms with Crippen LogP contribution in [0, 0.1) is 0 Å². The molecule has 1 N–H and O–H groups in total. The highest BCUT2D eigenvalue weighted by molar-refractivity contribution is 5.96. The van der Waals surface area contributed by atoms with Crippen molar-refractivity contribution in [1.82, 2.24) is 9.47 Å². The van der Waals surface area contributed by atoms with Crippen molar-refractivity contribution < 1.29 is 14.7 Å². The number of aromatic carboxylic acids is 1. The maximum absolute atomic E-state index is 11.9. The Morgan fingerprint density at radius 1 is 1.27 bits per heavy atom. The number of hydrogen-bond acceptors (Lipinski definition) is 2. The van der Waals surface area contributed by atoms with Gasteiger partial charge in [-0.3, -0.25) is 4.79 Å². The molecule has 0 fully saturated rings. The van der Waals surface area contributed by atoms with Crippen molar-refractivity contribution in [3.05, 3.63) is 35.0 Å². The number of nitrogens with zero attached hydrogens (tertiary/aromatic N) is 2. The lowest BCUT2D eigenvalue weighted by Crippen LogP contribution is -2.42. The minimum atomic E-state index is -0.893. The zero-order chi connectivity index (χ0) is 15.4. The summed E-state index contributed by atoms with van der Waals surface area (Å²) in [5, 5.41) is 10.3. The average molecular weight is 298 g/mol. The van der Waals surface area contributed by atoms with Crippen molar-refractivity contribution in [2.45, 2.75) is 38.8 Å². The van der Waals surface area contributed by atoms with Crippen LogP contribution in [0.15, 0.2) is 18.2 Å². The number of fused-ring (bicyclic) bond motifs is 3. The number of aromatic nitrogens is 1. The summed E-state index contributed by atoms with van der Waals surface area (Å²) < 4.78 is 2.29. The van der Waals surface area contributed by atoms with Gasteiger partial charge in [0.15, 0.2) is 0 Å². The molecule has 5 nitrogen and oxygen atoms in total. The van der Waals surface area contributed by atoms with Crippen LogP contribution in [-0.4, -0.2) is 33.0 Å². The van der Waals surface area contributed by atoms with Gasteiger partial charge in [-0.05, 0) is 43.0 Å². The molecular formula is C17H18N2O3. The van der Waals surface area contributed by atoms with Crippen LogP contribution >= 0.6 is 0 Å². The molecule has 1 amide bonds. The van der Waals surface area contributed by atoms with E-state index in [1.165, 1.54) is 11.3 Å². The van der Waals surface area contributed by atoms with Gasteiger partial charge in [0.05, 0.1) is 11.6 Å². The van der Waals surface area contributed by atoms with E-state index in [9.17, 15) is 14.7 Å². The summed E-state index contributed by atoms with van der Waals surface area (Å²) in [5.74, 6) is -0.767. The van der Waals surface area contributed by atoms with Gasteiger partial charge in [-0.15, -0.1) is 0 Å². The molecule has 22 heavy (non-hydrogen) atoms. The fourth-order valence-electron chi connectivity index (χ4n) is 4.11. The zero-order valence-electron chi connectivity index (χ0n) is 12.5. The van der Waals surface area contributed by atoms with Gasteiger partial charge >= 0.3 is 5.97 Å². The van der Waals surface area contributed by atoms with Crippen molar-refractivity contribution >= 4 is 22.8 Å². The summed E-state index contributed by atoms with van der Waals surface area (Å²) in [6.07, 6.45) is 3.00. The van der Waals surface area contributed by atoms with Crippen molar-refractivity contribution in [3.8, 4) is 0 Å². The lowest BCUT2D eigenvalue weighted by Gasteiger charge is -2.39. The molecule has 2 aromatic rings. The molecule has 4 rings (SSSR count). The molecule has 1 aromatic heterocycles. The molecule has 114 valence electrons. The average Bonchev–Trinajstić information content (AvgIpc) is 2.83. The summed E-state index contributed by atoms with van der Waals surface area (Å²) in [7, 11) is 0. The van der Waals surface area contributed by atoms with Crippen LogP contribution in [0.2, 0.25) is 0 Å². The normalized spacial score (nSPS) is 20.0. The highest BCUT2D eigenvalue weighted by Crippen LogP contribution is 2.42. The van der Waals surface area contributed by atoms with Gasteiger partial charge in [0.2, 0.25) is 5.91 Å². The molecule has 1 aromatic carbocycles. The van der Waals surface area contributed by atoms with E-state index in [1.807, 2.05) is 11.0 Å². The molecule has 0 saturated carbocycles. The van der Waals surface area contributed by atoms with Gasteiger partial charge < -0.3 is 14.6 Å². The number of rotatable bonds is 1. The van der Waals surface area contributed by atoms with Crippen molar-refractivity contribution in [3.63, 3.8) is 0 Å². The van der Waals surface area contributed by atoms with E-state index in [1.54, 1.807) is 19.1 Å². The Morgan fingerprint density at radius 2 is 2.09 bits per heavy atom. The monoisotopic (exact) mass is 298 g/mol. The van der Waals surface area contributed by atoms with Crippen LogP contribution in [0.4, 0.5) is 0 Å². The minimum Gasteiger partial charge on any atom is -0.478 e. The van der Waals surface area contributed by atoms with Gasteiger partial charge in [0.25, 0.3) is 0 Å². The molecule has 0 unspecified atom stereocenters. The van der Waals surface area contributed by atoms with Gasteiger partial charge in [-0.2, -0.15) is 0 Å². The molecule has 0 spiro atoms. The minimum absolute atomic E-state index is 0.126. The molecule has 0 saturated heterocycles. The highest BCUT2D eigenvalue weighted by atomic mass is 16.4. The Kier molecular flexibility index (Phi) is 2.79. The molecular weight excluding hydrogens is 280 g/mol. The number of benzene rings is 1. The molecule has 0 bridgehead atoms. The van der Waals surface area contributed by atoms with E-state index < -0.39 is 5.97 Å². The number of amides is 1. The predicted octanol–water partition coefficient (Wildman–Crippen LogP) is 2.58. The molecule has 2 heterocycles. The van der Waals surface area contributed by atoms with Gasteiger partial charge in [0, 0.05) is 36.6 Å². The number of carbonyl (C=O) groups is 2.